The fourth-order valence-corrected chi connectivity index (χ4v) is 1.41. The normalized spacial score (nSPS) is 25.3. The van der Waals surface area contributed by atoms with Crippen LogP contribution in [0.1, 0.15) is 23.6 Å². The summed E-state index contributed by atoms with van der Waals surface area (Å²) in [7, 11) is 0. The summed E-state index contributed by atoms with van der Waals surface area (Å²) in [5.74, 6) is -0.106. The second-order valence-electron chi connectivity index (χ2n) is 3.04. The lowest BCUT2D eigenvalue weighted by molar-refractivity contribution is 0.467. The van der Waals surface area contributed by atoms with Gasteiger partial charge in [0.2, 0.25) is 0 Å². The summed E-state index contributed by atoms with van der Waals surface area (Å²) in [4.78, 5) is 3.96. The van der Waals surface area contributed by atoms with Gasteiger partial charge in [-0.25, -0.2) is 9.37 Å². The monoisotopic (exact) mass is 196 g/mol. The lowest BCUT2D eigenvalue weighted by Crippen LogP contribution is -1.91. The van der Waals surface area contributed by atoms with E-state index in [-0.39, 0.29) is 11.1 Å². The Kier molecular flexibility index (Phi) is 1.93. The van der Waals surface area contributed by atoms with Crippen molar-refractivity contribution >= 4 is 11.6 Å². The number of rotatable bonds is 1. The van der Waals surface area contributed by atoms with E-state index in [1.807, 2.05) is 6.07 Å². The summed E-state index contributed by atoms with van der Waals surface area (Å²) in [5, 5.41) is 8.73. The lowest BCUT2D eigenvalue weighted by Gasteiger charge is -1.98. The third-order valence-corrected chi connectivity index (χ3v) is 2.37. The van der Waals surface area contributed by atoms with E-state index in [0.717, 1.165) is 0 Å². The quantitative estimate of drug-likeness (QED) is 0.647. The van der Waals surface area contributed by atoms with E-state index in [1.54, 1.807) is 12.1 Å². The standard InChI is InChI=1S/C9H6ClFN2/c10-9-5(4-12)1-2-8(13-9)6-3-7(6)11/h1-2,6-7H,3H2. The maximum atomic E-state index is 12.6. The highest BCUT2D eigenvalue weighted by Gasteiger charge is 2.40. The molecule has 0 aliphatic heterocycles. The highest BCUT2D eigenvalue weighted by Crippen LogP contribution is 2.42. The Bertz CT molecular complexity index is 386. The highest BCUT2D eigenvalue weighted by atomic mass is 35.5. The van der Waals surface area contributed by atoms with Gasteiger partial charge in [0.05, 0.1) is 5.56 Å². The van der Waals surface area contributed by atoms with Crippen molar-refractivity contribution in [2.24, 2.45) is 0 Å². The molecule has 0 N–H and O–H groups in total. The van der Waals surface area contributed by atoms with Crippen LogP contribution in [0.25, 0.3) is 0 Å². The summed E-state index contributed by atoms with van der Waals surface area (Å²) < 4.78 is 12.6. The molecular weight excluding hydrogens is 191 g/mol. The van der Waals surface area contributed by atoms with Gasteiger partial charge in [-0.1, -0.05) is 11.6 Å². The van der Waals surface area contributed by atoms with Gasteiger partial charge in [-0.3, -0.25) is 0 Å². The molecule has 2 rings (SSSR count). The number of halogens is 2. The van der Waals surface area contributed by atoms with Crippen LogP contribution in [0, 0.1) is 11.3 Å². The molecule has 1 fully saturated rings. The third-order valence-electron chi connectivity index (χ3n) is 2.08. The van der Waals surface area contributed by atoms with Crippen LogP contribution in [0.15, 0.2) is 12.1 Å². The van der Waals surface area contributed by atoms with Crippen molar-refractivity contribution in [2.75, 3.05) is 0 Å². The molecule has 13 heavy (non-hydrogen) atoms. The first-order chi connectivity index (χ1) is 6.22. The van der Waals surface area contributed by atoms with Crippen LogP contribution < -0.4 is 0 Å². The average molecular weight is 197 g/mol. The lowest BCUT2D eigenvalue weighted by atomic mass is 10.2. The van der Waals surface area contributed by atoms with Crippen LogP contribution in [0.4, 0.5) is 4.39 Å². The van der Waals surface area contributed by atoms with E-state index in [0.29, 0.717) is 17.7 Å². The van der Waals surface area contributed by atoms with Crippen LogP contribution in [-0.2, 0) is 0 Å². The van der Waals surface area contributed by atoms with Gasteiger partial charge in [-0.05, 0) is 18.6 Å². The van der Waals surface area contributed by atoms with Crippen LogP contribution in [0.5, 0.6) is 0 Å². The Labute approximate surface area is 80.0 Å². The first-order valence-corrected chi connectivity index (χ1v) is 4.31. The molecule has 1 aliphatic carbocycles. The van der Waals surface area contributed by atoms with Crippen molar-refractivity contribution in [3.63, 3.8) is 0 Å². The zero-order valence-corrected chi connectivity index (χ0v) is 7.42. The van der Waals surface area contributed by atoms with Crippen LogP contribution in [0.3, 0.4) is 0 Å². The topological polar surface area (TPSA) is 36.7 Å². The number of hydrogen-bond acceptors (Lipinski definition) is 2. The van der Waals surface area contributed by atoms with Gasteiger partial charge in [0, 0.05) is 11.6 Å². The predicted octanol–water partition coefficient (Wildman–Crippen LogP) is 2.43. The number of nitriles is 1. The molecule has 1 aliphatic rings. The molecule has 2 nitrogen and oxygen atoms in total. The summed E-state index contributed by atoms with van der Waals surface area (Å²) in [6.45, 7) is 0. The molecule has 0 saturated heterocycles. The Balaban J connectivity index is 2.32. The van der Waals surface area contributed by atoms with Crippen molar-refractivity contribution < 1.29 is 4.39 Å². The Morgan fingerprint density at radius 1 is 1.62 bits per heavy atom. The molecule has 0 bridgehead atoms. The maximum absolute atomic E-state index is 12.6. The van der Waals surface area contributed by atoms with Crippen LogP contribution in [-0.4, -0.2) is 11.2 Å². The molecule has 0 aromatic carbocycles. The zero-order valence-electron chi connectivity index (χ0n) is 6.67. The number of alkyl halides is 1. The highest BCUT2D eigenvalue weighted by molar-refractivity contribution is 6.30. The molecule has 1 aromatic heterocycles. The summed E-state index contributed by atoms with van der Waals surface area (Å²) in [6, 6.07) is 5.15. The van der Waals surface area contributed by atoms with Crippen molar-refractivity contribution in [3.05, 3.63) is 28.5 Å². The van der Waals surface area contributed by atoms with Gasteiger partial charge in [0.15, 0.2) is 0 Å². The molecule has 2 atom stereocenters. The van der Waals surface area contributed by atoms with E-state index >= 15 is 0 Å². The minimum absolute atomic E-state index is 0.106. The third kappa shape index (κ3) is 1.50. The van der Waals surface area contributed by atoms with Gasteiger partial charge in [0.1, 0.15) is 17.4 Å². The van der Waals surface area contributed by atoms with Gasteiger partial charge in [-0.2, -0.15) is 5.26 Å². The van der Waals surface area contributed by atoms with Gasteiger partial charge in [0.25, 0.3) is 0 Å². The molecule has 0 amide bonds. The number of nitrogens with zero attached hydrogens (tertiary/aromatic N) is 2. The van der Waals surface area contributed by atoms with Crippen molar-refractivity contribution in [1.29, 1.82) is 5.26 Å². The van der Waals surface area contributed by atoms with E-state index in [4.69, 9.17) is 16.9 Å². The molecule has 4 heteroatoms. The summed E-state index contributed by atoms with van der Waals surface area (Å²) in [5.41, 5.74) is 0.984. The number of hydrogen-bond donors (Lipinski definition) is 0. The number of pyridine rings is 1. The van der Waals surface area contributed by atoms with E-state index in [1.165, 1.54) is 0 Å². The maximum Gasteiger partial charge on any atom is 0.147 e. The van der Waals surface area contributed by atoms with Gasteiger partial charge < -0.3 is 0 Å². The summed E-state index contributed by atoms with van der Waals surface area (Å²) in [6.07, 6.45) is -0.258. The Hall–Kier alpha value is -1.14. The molecule has 1 aromatic rings. The molecule has 66 valence electrons. The fourth-order valence-electron chi connectivity index (χ4n) is 1.21. The molecule has 2 unspecified atom stereocenters. The van der Waals surface area contributed by atoms with Crippen LogP contribution >= 0.6 is 11.6 Å². The minimum Gasteiger partial charge on any atom is -0.247 e. The molecule has 1 saturated carbocycles. The molecular formula is C9H6ClFN2. The number of aromatic nitrogens is 1. The van der Waals surface area contributed by atoms with Crippen LogP contribution in [0.2, 0.25) is 5.15 Å². The zero-order chi connectivity index (χ0) is 9.42. The first-order valence-electron chi connectivity index (χ1n) is 3.93. The van der Waals surface area contributed by atoms with Crippen molar-refractivity contribution in [3.8, 4) is 6.07 Å². The molecule has 1 heterocycles. The summed E-state index contributed by atoms with van der Waals surface area (Å²) >= 11 is 5.69. The Morgan fingerprint density at radius 3 is 2.77 bits per heavy atom. The van der Waals surface area contributed by atoms with Crippen molar-refractivity contribution in [1.82, 2.24) is 4.98 Å². The van der Waals surface area contributed by atoms with Gasteiger partial charge in [-0.15, -0.1) is 0 Å². The molecule has 0 radical (unpaired) electrons. The fraction of sp³-hybridized carbons (Fsp3) is 0.333. The van der Waals surface area contributed by atoms with E-state index in [2.05, 4.69) is 4.98 Å². The van der Waals surface area contributed by atoms with Gasteiger partial charge >= 0.3 is 0 Å². The molecule has 0 spiro atoms. The second kappa shape index (κ2) is 2.97. The average Bonchev–Trinajstić information content (AvgIpc) is 2.82. The van der Waals surface area contributed by atoms with Crippen molar-refractivity contribution in [2.45, 2.75) is 18.5 Å². The van der Waals surface area contributed by atoms with E-state index < -0.39 is 6.17 Å². The largest absolute Gasteiger partial charge is 0.247 e. The first kappa shape index (κ1) is 8.46. The predicted molar refractivity (Wildman–Crippen MR) is 46.2 cm³/mol. The minimum atomic E-state index is -0.781. The van der Waals surface area contributed by atoms with E-state index in [9.17, 15) is 4.39 Å². The second-order valence-corrected chi connectivity index (χ2v) is 3.40. The SMILES string of the molecule is N#Cc1ccc(C2CC2F)nc1Cl. The Morgan fingerprint density at radius 2 is 2.31 bits per heavy atom. The smallest absolute Gasteiger partial charge is 0.147 e.